The van der Waals surface area contributed by atoms with E-state index in [9.17, 15) is 4.79 Å². The average molecular weight is 229 g/mol. The van der Waals surface area contributed by atoms with Crippen molar-refractivity contribution in [1.82, 2.24) is 10.2 Å². The third-order valence-corrected chi connectivity index (χ3v) is 2.55. The van der Waals surface area contributed by atoms with Gasteiger partial charge in [-0.15, -0.1) is 10.2 Å². The van der Waals surface area contributed by atoms with Crippen LogP contribution in [0.3, 0.4) is 0 Å². The molecule has 0 aromatic carbocycles. The molecule has 1 aromatic rings. The zero-order chi connectivity index (χ0) is 11.3. The first-order valence-corrected chi connectivity index (χ1v) is 5.71. The number of aromatic nitrogens is 2. The Balaban J connectivity index is 2.64. The average Bonchev–Trinajstić information content (AvgIpc) is 2.66. The van der Waals surface area contributed by atoms with Gasteiger partial charge in [0.05, 0.1) is 6.61 Å². The Hall–Kier alpha value is -1.17. The summed E-state index contributed by atoms with van der Waals surface area (Å²) in [7, 11) is 0. The van der Waals surface area contributed by atoms with Gasteiger partial charge in [-0.2, -0.15) is 0 Å². The van der Waals surface area contributed by atoms with E-state index in [1.807, 2.05) is 18.7 Å². The van der Waals surface area contributed by atoms with E-state index in [4.69, 9.17) is 4.74 Å². The molecule has 0 aliphatic heterocycles. The van der Waals surface area contributed by atoms with E-state index in [2.05, 4.69) is 10.2 Å². The highest BCUT2D eigenvalue weighted by atomic mass is 32.1. The largest absolute Gasteiger partial charge is 0.465 e. The summed E-state index contributed by atoms with van der Waals surface area (Å²) in [6.07, 6.45) is 0. The zero-order valence-electron chi connectivity index (χ0n) is 9.14. The standard InChI is InChI=1S/C9H15N3O2S/c1-4-14-8(13)5-12(7(2)3)9-11-10-6-15-9/h6-7H,4-5H2,1-3H3. The highest BCUT2D eigenvalue weighted by Gasteiger charge is 2.17. The van der Waals surface area contributed by atoms with Crippen LogP contribution in [0.2, 0.25) is 0 Å². The molecule has 84 valence electrons. The van der Waals surface area contributed by atoms with Crippen molar-refractivity contribution in [1.29, 1.82) is 0 Å². The Morgan fingerprint density at radius 1 is 1.67 bits per heavy atom. The molecule has 0 unspecified atom stereocenters. The Labute approximate surface area is 93.1 Å². The van der Waals surface area contributed by atoms with Crippen molar-refractivity contribution in [2.75, 3.05) is 18.1 Å². The summed E-state index contributed by atoms with van der Waals surface area (Å²) in [6, 6.07) is 0.197. The number of nitrogens with zero attached hydrogens (tertiary/aromatic N) is 3. The summed E-state index contributed by atoms with van der Waals surface area (Å²) >= 11 is 1.42. The molecule has 0 saturated carbocycles. The van der Waals surface area contributed by atoms with Gasteiger partial charge in [-0.05, 0) is 20.8 Å². The van der Waals surface area contributed by atoms with Crippen molar-refractivity contribution in [2.24, 2.45) is 0 Å². The van der Waals surface area contributed by atoms with Crippen molar-refractivity contribution in [3.63, 3.8) is 0 Å². The molecule has 0 N–H and O–H groups in total. The molecule has 0 atom stereocenters. The third-order valence-electron chi connectivity index (χ3n) is 1.82. The fraction of sp³-hybridized carbons (Fsp3) is 0.667. The lowest BCUT2D eigenvalue weighted by atomic mass is 10.3. The van der Waals surface area contributed by atoms with Crippen LogP contribution >= 0.6 is 11.3 Å². The highest BCUT2D eigenvalue weighted by molar-refractivity contribution is 7.13. The lowest BCUT2D eigenvalue weighted by molar-refractivity contribution is -0.141. The lowest BCUT2D eigenvalue weighted by Gasteiger charge is -2.24. The van der Waals surface area contributed by atoms with Gasteiger partial charge < -0.3 is 9.64 Å². The van der Waals surface area contributed by atoms with Crippen molar-refractivity contribution in [3.8, 4) is 0 Å². The number of hydrogen-bond acceptors (Lipinski definition) is 6. The van der Waals surface area contributed by atoms with Crippen LogP contribution in [-0.4, -0.2) is 35.4 Å². The Morgan fingerprint density at radius 3 is 2.87 bits per heavy atom. The van der Waals surface area contributed by atoms with Gasteiger partial charge in [0.1, 0.15) is 12.1 Å². The van der Waals surface area contributed by atoms with Crippen molar-refractivity contribution < 1.29 is 9.53 Å². The molecule has 0 radical (unpaired) electrons. The van der Waals surface area contributed by atoms with Crippen molar-refractivity contribution in [2.45, 2.75) is 26.8 Å². The Kier molecular flexibility index (Phi) is 4.48. The number of ether oxygens (including phenoxy) is 1. The molecule has 0 aliphatic carbocycles. The van der Waals surface area contributed by atoms with E-state index < -0.39 is 0 Å². The minimum Gasteiger partial charge on any atom is -0.465 e. The molecular weight excluding hydrogens is 214 g/mol. The van der Waals surface area contributed by atoms with Crippen LogP contribution in [-0.2, 0) is 9.53 Å². The fourth-order valence-corrected chi connectivity index (χ4v) is 1.80. The first-order chi connectivity index (χ1) is 7.15. The van der Waals surface area contributed by atoms with Gasteiger partial charge in [-0.25, -0.2) is 0 Å². The summed E-state index contributed by atoms with van der Waals surface area (Å²) in [6.45, 7) is 6.42. The first-order valence-electron chi connectivity index (χ1n) is 4.83. The van der Waals surface area contributed by atoms with Crippen molar-refractivity contribution in [3.05, 3.63) is 5.51 Å². The third kappa shape index (κ3) is 3.47. The monoisotopic (exact) mass is 229 g/mol. The number of hydrogen-bond donors (Lipinski definition) is 0. The van der Waals surface area contributed by atoms with Crippen molar-refractivity contribution >= 4 is 22.4 Å². The van der Waals surface area contributed by atoms with E-state index in [1.54, 1.807) is 12.4 Å². The van der Waals surface area contributed by atoms with Crippen LogP contribution in [0.15, 0.2) is 5.51 Å². The maximum Gasteiger partial charge on any atom is 0.325 e. The topological polar surface area (TPSA) is 55.3 Å². The van der Waals surface area contributed by atoms with E-state index >= 15 is 0 Å². The predicted octanol–water partition coefficient (Wildman–Crippen LogP) is 1.32. The summed E-state index contributed by atoms with van der Waals surface area (Å²) in [4.78, 5) is 13.2. The summed E-state index contributed by atoms with van der Waals surface area (Å²) in [5.74, 6) is -0.235. The minimum absolute atomic E-state index is 0.197. The maximum absolute atomic E-state index is 11.3. The summed E-state index contributed by atoms with van der Waals surface area (Å²) in [5.41, 5.74) is 1.65. The van der Waals surface area contributed by atoms with Crippen LogP contribution in [0.4, 0.5) is 5.13 Å². The SMILES string of the molecule is CCOC(=O)CN(c1nncs1)C(C)C. The van der Waals surface area contributed by atoms with E-state index in [1.165, 1.54) is 11.3 Å². The second-order valence-electron chi connectivity index (χ2n) is 3.25. The van der Waals surface area contributed by atoms with Gasteiger partial charge in [0.15, 0.2) is 0 Å². The van der Waals surface area contributed by atoms with Crippen LogP contribution in [0, 0.1) is 0 Å². The minimum atomic E-state index is -0.235. The van der Waals surface area contributed by atoms with E-state index in [0.29, 0.717) is 6.61 Å². The van der Waals surface area contributed by atoms with Crippen LogP contribution in [0.1, 0.15) is 20.8 Å². The lowest BCUT2D eigenvalue weighted by Crippen LogP contribution is -2.36. The normalized spacial score (nSPS) is 10.4. The summed E-state index contributed by atoms with van der Waals surface area (Å²) in [5, 5.41) is 8.44. The van der Waals surface area contributed by atoms with E-state index in [-0.39, 0.29) is 18.6 Å². The van der Waals surface area contributed by atoms with Crippen LogP contribution in [0.5, 0.6) is 0 Å². The van der Waals surface area contributed by atoms with Gasteiger partial charge in [0, 0.05) is 6.04 Å². The molecule has 1 heterocycles. The molecule has 15 heavy (non-hydrogen) atoms. The molecule has 5 nitrogen and oxygen atoms in total. The number of anilines is 1. The van der Waals surface area contributed by atoms with Gasteiger partial charge in [0.2, 0.25) is 5.13 Å². The molecule has 0 amide bonds. The quantitative estimate of drug-likeness (QED) is 0.713. The maximum atomic E-state index is 11.3. The molecule has 0 aliphatic rings. The molecule has 6 heteroatoms. The molecule has 0 saturated heterocycles. The van der Waals surface area contributed by atoms with Gasteiger partial charge in [0.25, 0.3) is 0 Å². The second-order valence-corrected chi connectivity index (χ2v) is 4.06. The molecular formula is C9H15N3O2S. The number of rotatable bonds is 5. The Morgan fingerprint density at radius 2 is 2.40 bits per heavy atom. The molecule has 0 bridgehead atoms. The number of carbonyl (C=O) groups is 1. The van der Waals surface area contributed by atoms with Crippen LogP contribution < -0.4 is 4.90 Å². The van der Waals surface area contributed by atoms with Crippen LogP contribution in [0.25, 0.3) is 0 Å². The first kappa shape index (κ1) is 11.9. The van der Waals surface area contributed by atoms with E-state index in [0.717, 1.165) is 5.13 Å². The summed E-state index contributed by atoms with van der Waals surface area (Å²) < 4.78 is 4.90. The molecule has 0 fully saturated rings. The zero-order valence-corrected chi connectivity index (χ0v) is 9.95. The molecule has 0 spiro atoms. The predicted molar refractivity (Wildman–Crippen MR) is 59.0 cm³/mol. The van der Waals surface area contributed by atoms with Gasteiger partial charge in [-0.1, -0.05) is 11.3 Å². The number of carbonyl (C=O) groups excluding carboxylic acids is 1. The Bertz CT molecular complexity index is 300. The molecule has 1 aromatic heterocycles. The fourth-order valence-electron chi connectivity index (χ4n) is 1.11. The second kappa shape index (κ2) is 5.65. The highest BCUT2D eigenvalue weighted by Crippen LogP contribution is 2.17. The molecule has 1 rings (SSSR count). The number of esters is 1. The smallest absolute Gasteiger partial charge is 0.325 e. The van der Waals surface area contributed by atoms with Gasteiger partial charge >= 0.3 is 5.97 Å². The van der Waals surface area contributed by atoms with Gasteiger partial charge in [-0.3, -0.25) is 4.79 Å².